The smallest absolute Gasteiger partial charge is 0.227 e. The average molecular weight is 205 g/mol. The third-order valence-electron chi connectivity index (χ3n) is 2.55. The third kappa shape index (κ3) is 3.39. The fourth-order valence-corrected chi connectivity index (χ4v) is 1.50. The molecule has 15 heavy (non-hydrogen) atoms. The lowest BCUT2D eigenvalue weighted by molar-refractivity contribution is -0.119. The third-order valence-corrected chi connectivity index (χ3v) is 2.55. The van der Waals surface area contributed by atoms with Gasteiger partial charge in [-0.3, -0.25) is 4.79 Å². The van der Waals surface area contributed by atoms with E-state index >= 15 is 0 Å². The van der Waals surface area contributed by atoms with Crippen molar-refractivity contribution in [2.45, 2.75) is 34.1 Å². The highest BCUT2D eigenvalue weighted by Gasteiger charge is 2.10. The van der Waals surface area contributed by atoms with E-state index in [2.05, 4.69) is 11.4 Å². The summed E-state index contributed by atoms with van der Waals surface area (Å²) in [6, 6.07) is 6.08. The first-order valence-corrected chi connectivity index (χ1v) is 5.42. The van der Waals surface area contributed by atoms with Gasteiger partial charge in [0.2, 0.25) is 5.91 Å². The molecular formula is C13H19NO. The molecule has 0 unspecified atom stereocenters. The molecule has 1 atom stereocenters. The van der Waals surface area contributed by atoms with Gasteiger partial charge in [0, 0.05) is 11.6 Å². The zero-order valence-corrected chi connectivity index (χ0v) is 9.92. The summed E-state index contributed by atoms with van der Waals surface area (Å²) >= 11 is 0. The summed E-state index contributed by atoms with van der Waals surface area (Å²) in [5.74, 6) is 0.174. The van der Waals surface area contributed by atoms with Crippen molar-refractivity contribution >= 4 is 11.6 Å². The van der Waals surface area contributed by atoms with Crippen LogP contribution >= 0.6 is 0 Å². The van der Waals surface area contributed by atoms with Gasteiger partial charge in [-0.2, -0.15) is 0 Å². The summed E-state index contributed by atoms with van der Waals surface area (Å²) < 4.78 is 0. The Kier molecular flexibility index (Phi) is 3.89. The Balaban J connectivity index is 2.76. The number of carbonyl (C=O) groups is 1. The molecule has 0 bridgehead atoms. The SMILES string of the molecule is CC[C@@H](C)C(=O)Nc1cc(C)cc(C)c1. The van der Waals surface area contributed by atoms with Gasteiger partial charge in [0.15, 0.2) is 0 Å². The van der Waals surface area contributed by atoms with Gasteiger partial charge in [-0.15, -0.1) is 0 Å². The van der Waals surface area contributed by atoms with E-state index in [-0.39, 0.29) is 11.8 Å². The number of amides is 1. The molecule has 1 aromatic rings. The Morgan fingerprint density at radius 3 is 2.27 bits per heavy atom. The minimum atomic E-state index is 0.0748. The van der Waals surface area contributed by atoms with Crippen LogP contribution in [-0.4, -0.2) is 5.91 Å². The number of hydrogen-bond acceptors (Lipinski definition) is 1. The molecular weight excluding hydrogens is 186 g/mol. The molecule has 0 aliphatic heterocycles. The van der Waals surface area contributed by atoms with Gasteiger partial charge < -0.3 is 5.32 Å². The average Bonchev–Trinajstić information content (AvgIpc) is 2.14. The largest absolute Gasteiger partial charge is 0.326 e. The van der Waals surface area contributed by atoms with Crippen LogP contribution in [0.2, 0.25) is 0 Å². The maximum Gasteiger partial charge on any atom is 0.227 e. The summed E-state index contributed by atoms with van der Waals surface area (Å²) in [6.45, 7) is 8.03. The Hall–Kier alpha value is -1.31. The first kappa shape index (κ1) is 11.8. The van der Waals surface area contributed by atoms with Crippen LogP contribution in [0.1, 0.15) is 31.4 Å². The molecule has 0 radical (unpaired) electrons. The van der Waals surface area contributed by atoms with E-state index in [1.165, 1.54) is 11.1 Å². The number of aryl methyl sites for hydroxylation is 2. The first-order valence-electron chi connectivity index (χ1n) is 5.42. The van der Waals surface area contributed by atoms with Crippen LogP contribution in [0.15, 0.2) is 18.2 Å². The van der Waals surface area contributed by atoms with Gasteiger partial charge in [0.05, 0.1) is 0 Å². The standard InChI is InChI=1S/C13H19NO/c1-5-11(4)13(15)14-12-7-9(2)6-10(3)8-12/h6-8,11H,5H2,1-4H3,(H,14,15)/t11-/m1/s1. The van der Waals surface area contributed by atoms with E-state index < -0.39 is 0 Å². The van der Waals surface area contributed by atoms with Gasteiger partial charge >= 0.3 is 0 Å². The Bertz CT molecular complexity index is 337. The zero-order valence-electron chi connectivity index (χ0n) is 9.92. The molecule has 0 aliphatic rings. The molecule has 0 spiro atoms. The molecule has 1 aromatic carbocycles. The molecule has 2 heteroatoms. The minimum Gasteiger partial charge on any atom is -0.326 e. The van der Waals surface area contributed by atoms with Crippen molar-refractivity contribution in [2.24, 2.45) is 5.92 Å². The quantitative estimate of drug-likeness (QED) is 0.806. The topological polar surface area (TPSA) is 29.1 Å². The number of rotatable bonds is 3. The molecule has 0 saturated carbocycles. The lowest BCUT2D eigenvalue weighted by Gasteiger charge is -2.11. The molecule has 0 fully saturated rings. The second kappa shape index (κ2) is 4.96. The molecule has 1 N–H and O–H groups in total. The lowest BCUT2D eigenvalue weighted by atomic mass is 10.1. The highest BCUT2D eigenvalue weighted by molar-refractivity contribution is 5.92. The van der Waals surface area contributed by atoms with E-state index in [1.54, 1.807) is 0 Å². The van der Waals surface area contributed by atoms with Crippen molar-refractivity contribution in [3.8, 4) is 0 Å². The maximum absolute atomic E-state index is 11.7. The zero-order chi connectivity index (χ0) is 11.4. The second-order valence-corrected chi connectivity index (χ2v) is 4.17. The highest BCUT2D eigenvalue weighted by Crippen LogP contribution is 2.15. The van der Waals surface area contributed by atoms with Crippen LogP contribution in [0.25, 0.3) is 0 Å². The van der Waals surface area contributed by atoms with Crippen molar-refractivity contribution in [3.63, 3.8) is 0 Å². The number of carbonyl (C=O) groups excluding carboxylic acids is 1. The highest BCUT2D eigenvalue weighted by atomic mass is 16.1. The number of nitrogens with one attached hydrogen (secondary N) is 1. The van der Waals surface area contributed by atoms with Crippen LogP contribution < -0.4 is 5.32 Å². The summed E-state index contributed by atoms with van der Waals surface area (Å²) in [7, 11) is 0. The fraction of sp³-hybridized carbons (Fsp3) is 0.462. The van der Waals surface area contributed by atoms with Crippen molar-refractivity contribution in [1.82, 2.24) is 0 Å². The van der Waals surface area contributed by atoms with Gasteiger partial charge in [0.25, 0.3) is 0 Å². The number of anilines is 1. The van der Waals surface area contributed by atoms with Crippen LogP contribution in [0.3, 0.4) is 0 Å². The fourth-order valence-electron chi connectivity index (χ4n) is 1.50. The van der Waals surface area contributed by atoms with Crippen molar-refractivity contribution in [2.75, 3.05) is 5.32 Å². The van der Waals surface area contributed by atoms with E-state index in [4.69, 9.17) is 0 Å². The Morgan fingerprint density at radius 2 is 1.80 bits per heavy atom. The van der Waals surface area contributed by atoms with Crippen LogP contribution in [-0.2, 0) is 4.79 Å². The monoisotopic (exact) mass is 205 g/mol. The van der Waals surface area contributed by atoms with Gasteiger partial charge in [-0.25, -0.2) is 0 Å². The molecule has 1 rings (SSSR count). The van der Waals surface area contributed by atoms with Crippen molar-refractivity contribution in [3.05, 3.63) is 29.3 Å². The molecule has 0 saturated heterocycles. The molecule has 0 aliphatic carbocycles. The van der Waals surface area contributed by atoms with Crippen LogP contribution in [0, 0.1) is 19.8 Å². The predicted molar refractivity (Wildman–Crippen MR) is 64.0 cm³/mol. The van der Waals surface area contributed by atoms with E-state index in [1.807, 2.05) is 39.8 Å². The number of benzene rings is 1. The van der Waals surface area contributed by atoms with Crippen LogP contribution in [0.5, 0.6) is 0 Å². The maximum atomic E-state index is 11.7. The molecule has 2 nitrogen and oxygen atoms in total. The Morgan fingerprint density at radius 1 is 1.27 bits per heavy atom. The second-order valence-electron chi connectivity index (χ2n) is 4.17. The number of hydrogen-bond donors (Lipinski definition) is 1. The Labute approximate surface area is 91.7 Å². The summed E-state index contributed by atoms with van der Waals surface area (Å²) in [5.41, 5.74) is 3.25. The normalized spacial score (nSPS) is 12.3. The summed E-state index contributed by atoms with van der Waals surface area (Å²) in [4.78, 5) is 11.7. The van der Waals surface area contributed by atoms with Crippen LogP contribution in [0.4, 0.5) is 5.69 Å². The predicted octanol–water partition coefficient (Wildman–Crippen LogP) is 3.29. The minimum absolute atomic E-state index is 0.0748. The molecule has 82 valence electrons. The summed E-state index contributed by atoms with van der Waals surface area (Å²) in [5, 5.41) is 2.94. The van der Waals surface area contributed by atoms with E-state index in [0.29, 0.717) is 0 Å². The summed E-state index contributed by atoms with van der Waals surface area (Å²) in [6.07, 6.45) is 0.872. The van der Waals surface area contributed by atoms with Crippen molar-refractivity contribution < 1.29 is 4.79 Å². The molecule has 1 amide bonds. The first-order chi connectivity index (χ1) is 7.02. The van der Waals surface area contributed by atoms with Gasteiger partial charge in [0.1, 0.15) is 0 Å². The van der Waals surface area contributed by atoms with Gasteiger partial charge in [-0.05, 0) is 43.5 Å². The van der Waals surface area contributed by atoms with Crippen molar-refractivity contribution in [1.29, 1.82) is 0 Å². The van der Waals surface area contributed by atoms with E-state index in [9.17, 15) is 4.79 Å². The van der Waals surface area contributed by atoms with Gasteiger partial charge in [-0.1, -0.05) is 19.9 Å². The molecule has 0 aromatic heterocycles. The lowest BCUT2D eigenvalue weighted by Crippen LogP contribution is -2.19. The van der Waals surface area contributed by atoms with E-state index in [0.717, 1.165) is 12.1 Å². The molecule has 0 heterocycles.